The van der Waals surface area contributed by atoms with Gasteiger partial charge in [0.15, 0.2) is 0 Å². The zero-order valence-electron chi connectivity index (χ0n) is 38.7. The Morgan fingerprint density at radius 3 is 1.47 bits per heavy atom. The molecule has 0 saturated carbocycles. The SMILES string of the molecule is CCCC/C1=C2/N=C(C(CC)=C2CC)[C@H](CCCC)C2=NC(=C(c3ccccc3)c3[nH]c(c(CC)c3CC)[C@H](c3ccccc3)c3[nH]c1c(CC)c3CC)C(CC)=C2CC. The zero-order valence-corrected chi connectivity index (χ0v) is 38.7. The van der Waals surface area contributed by atoms with Gasteiger partial charge in [-0.15, -0.1) is 0 Å². The van der Waals surface area contributed by atoms with Crippen molar-refractivity contribution in [3.63, 3.8) is 0 Å². The van der Waals surface area contributed by atoms with Crippen molar-refractivity contribution in [2.75, 3.05) is 0 Å². The molecule has 0 aliphatic carbocycles. The molecule has 2 N–H and O–H groups in total. The van der Waals surface area contributed by atoms with Crippen molar-refractivity contribution in [3.8, 4) is 0 Å². The second kappa shape index (κ2) is 19.3. The average molecular weight is 801 g/mol. The maximum atomic E-state index is 6.00. The van der Waals surface area contributed by atoms with Crippen molar-refractivity contribution < 1.29 is 0 Å². The van der Waals surface area contributed by atoms with Crippen LogP contribution >= 0.6 is 0 Å². The second-order valence-corrected chi connectivity index (χ2v) is 17.0. The third-order valence-corrected chi connectivity index (χ3v) is 13.8. The van der Waals surface area contributed by atoms with Crippen LogP contribution in [-0.2, 0) is 25.7 Å². The molecule has 3 aliphatic heterocycles. The predicted molar refractivity (Wildman–Crippen MR) is 258 cm³/mol. The molecule has 0 spiro atoms. The van der Waals surface area contributed by atoms with Gasteiger partial charge in [0.2, 0.25) is 0 Å². The summed E-state index contributed by atoms with van der Waals surface area (Å²) in [6.07, 6.45) is 14.3. The van der Waals surface area contributed by atoms with Crippen LogP contribution in [-0.4, -0.2) is 21.4 Å². The number of benzene rings is 2. The van der Waals surface area contributed by atoms with E-state index >= 15 is 0 Å². The Morgan fingerprint density at radius 2 is 0.950 bits per heavy atom. The van der Waals surface area contributed by atoms with Gasteiger partial charge in [-0.3, -0.25) is 9.98 Å². The van der Waals surface area contributed by atoms with Crippen LogP contribution in [0.15, 0.2) is 104 Å². The Labute approximate surface area is 362 Å². The van der Waals surface area contributed by atoms with Crippen molar-refractivity contribution in [1.29, 1.82) is 0 Å². The first kappa shape index (κ1) is 43.4. The molecule has 0 saturated heterocycles. The number of fused-ring (bicyclic) bond motifs is 6. The summed E-state index contributed by atoms with van der Waals surface area (Å²) < 4.78 is 0. The molecule has 0 radical (unpaired) electrons. The molecule has 2 aromatic carbocycles. The van der Waals surface area contributed by atoms with Gasteiger partial charge in [-0.1, -0.05) is 149 Å². The van der Waals surface area contributed by atoms with Crippen LogP contribution < -0.4 is 0 Å². The first-order valence-corrected chi connectivity index (χ1v) is 24.1. The van der Waals surface area contributed by atoms with E-state index in [0.717, 1.165) is 95.6 Å². The van der Waals surface area contributed by atoms with Crippen molar-refractivity contribution in [1.82, 2.24) is 9.97 Å². The lowest BCUT2D eigenvalue weighted by molar-refractivity contribution is 0.683. The summed E-state index contributed by atoms with van der Waals surface area (Å²) in [5, 5.41) is 0. The standard InChI is InChI=1S/C56H72N4/c1-11-21-33-45-49-37(13-3)38(14-4)50(57-49)46(34-22-12-2)52-40(16-6)42(18-8)54(59-52)48(36-31-27-24-28-32-36)56-44(20-10)43(19-9)55(60-56)47(35-29-25-23-26-30-35)53-41(17-7)39(15-5)51(45)58-53/h23-32,45,48,59-60H,11-22,33-34H2,1-10H3/b50-46-,53-47?/t45-,48+/m0/s1. The number of H-pyrrole nitrogens is 2. The van der Waals surface area contributed by atoms with E-state index in [1.165, 1.54) is 107 Å². The number of aromatic nitrogens is 2. The minimum atomic E-state index is 0.00467. The van der Waals surface area contributed by atoms with Gasteiger partial charge in [0, 0.05) is 34.1 Å². The van der Waals surface area contributed by atoms with Gasteiger partial charge in [0.05, 0.1) is 34.4 Å². The van der Waals surface area contributed by atoms with Crippen LogP contribution in [0.4, 0.5) is 0 Å². The fourth-order valence-corrected chi connectivity index (χ4v) is 11.1. The predicted octanol–water partition coefficient (Wildman–Crippen LogP) is 15.4. The second-order valence-electron chi connectivity index (χ2n) is 17.0. The van der Waals surface area contributed by atoms with Gasteiger partial charge in [-0.05, 0) is 126 Å². The molecule has 0 amide bonds. The number of aromatic amines is 2. The lowest BCUT2D eigenvalue weighted by Crippen LogP contribution is -2.26. The highest BCUT2D eigenvalue weighted by Crippen LogP contribution is 2.48. The van der Waals surface area contributed by atoms with Crippen LogP contribution in [0, 0.1) is 5.92 Å². The van der Waals surface area contributed by atoms with Crippen LogP contribution in [0.5, 0.6) is 0 Å². The third-order valence-electron chi connectivity index (χ3n) is 13.8. The largest absolute Gasteiger partial charge is 0.357 e. The molecule has 4 nitrogen and oxygen atoms in total. The highest BCUT2D eigenvalue weighted by molar-refractivity contribution is 6.24. The quantitative estimate of drug-likeness (QED) is 0.113. The van der Waals surface area contributed by atoms with Gasteiger partial charge in [-0.25, -0.2) is 0 Å². The highest BCUT2D eigenvalue weighted by atomic mass is 14.9. The molecule has 7 rings (SSSR count). The van der Waals surface area contributed by atoms with Gasteiger partial charge in [-0.2, -0.15) is 0 Å². The number of nitrogens with one attached hydrogen (secondary N) is 2. The number of nitrogens with zero attached hydrogens (tertiary/aromatic N) is 2. The summed E-state index contributed by atoms with van der Waals surface area (Å²) in [5.74, 6) is 0.143. The zero-order chi connectivity index (χ0) is 42.5. The van der Waals surface area contributed by atoms with Crippen molar-refractivity contribution in [2.45, 2.75) is 165 Å². The Balaban J connectivity index is 1.74. The van der Waals surface area contributed by atoms with E-state index in [9.17, 15) is 0 Å². The van der Waals surface area contributed by atoms with Gasteiger partial charge < -0.3 is 9.97 Å². The molecule has 4 heteroatoms. The molecule has 8 bridgehead atoms. The lowest BCUT2D eigenvalue weighted by atomic mass is 9.81. The fourth-order valence-electron chi connectivity index (χ4n) is 11.1. The van der Waals surface area contributed by atoms with Gasteiger partial charge in [0.25, 0.3) is 0 Å². The Hall–Kier alpha value is -4.70. The topological polar surface area (TPSA) is 56.3 Å². The van der Waals surface area contributed by atoms with Crippen molar-refractivity contribution in [3.05, 3.63) is 151 Å². The van der Waals surface area contributed by atoms with E-state index in [4.69, 9.17) is 9.98 Å². The number of allylic oxidation sites excluding steroid dienone is 5. The molecule has 2 aromatic heterocycles. The summed E-state index contributed by atoms with van der Waals surface area (Å²) in [6, 6.07) is 22.5. The van der Waals surface area contributed by atoms with E-state index in [1.54, 1.807) is 0 Å². The smallest absolute Gasteiger partial charge is 0.0767 e. The normalized spacial score (nSPS) is 19.2. The average Bonchev–Trinajstić information content (AvgIpc) is 4.05. The molecule has 0 fully saturated rings. The summed E-state index contributed by atoms with van der Waals surface area (Å²) in [7, 11) is 0. The molecule has 0 unspecified atom stereocenters. The highest BCUT2D eigenvalue weighted by Gasteiger charge is 2.39. The maximum absolute atomic E-state index is 6.00. The van der Waals surface area contributed by atoms with E-state index in [1.807, 2.05) is 0 Å². The molecular weight excluding hydrogens is 729 g/mol. The molecule has 60 heavy (non-hydrogen) atoms. The van der Waals surface area contributed by atoms with Crippen LogP contribution in [0.25, 0.3) is 11.1 Å². The fraction of sp³-hybridized carbons (Fsp3) is 0.464. The molecule has 5 heterocycles. The van der Waals surface area contributed by atoms with E-state index in [0.29, 0.717) is 0 Å². The van der Waals surface area contributed by atoms with Crippen molar-refractivity contribution in [2.24, 2.45) is 15.9 Å². The molecule has 2 atom stereocenters. The molecule has 316 valence electrons. The number of hydrogen-bond donors (Lipinski definition) is 2. The minimum Gasteiger partial charge on any atom is -0.357 e. The summed E-state index contributed by atoms with van der Waals surface area (Å²) >= 11 is 0. The monoisotopic (exact) mass is 801 g/mol. The summed E-state index contributed by atoms with van der Waals surface area (Å²) in [5.41, 5.74) is 26.9. The first-order chi connectivity index (χ1) is 29.4. The van der Waals surface area contributed by atoms with E-state index in [2.05, 4.69) is 140 Å². The first-order valence-electron chi connectivity index (χ1n) is 24.1. The Kier molecular flexibility index (Phi) is 14.0. The minimum absolute atomic E-state index is 0.00467. The number of aliphatic imine (C=N–C) groups is 2. The number of rotatable bonds is 16. The molecular formula is C56H72N4. The summed E-state index contributed by atoms with van der Waals surface area (Å²) in [6.45, 7) is 23.5. The number of hydrogen-bond acceptors (Lipinski definition) is 2. The molecule has 4 aromatic rings. The van der Waals surface area contributed by atoms with Crippen molar-refractivity contribution >= 4 is 22.6 Å². The Morgan fingerprint density at radius 1 is 0.467 bits per heavy atom. The number of unbranched alkanes of at least 4 members (excludes halogenated alkanes) is 2. The summed E-state index contributed by atoms with van der Waals surface area (Å²) in [4.78, 5) is 20.6. The Bertz CT molecular complexity index is 2360. The third kappa shape index (κ3) is 7.51. The van der Waals surface area contributed by atoms with Gasteiger partial charge in [0.1, 0.15) is 0 Å². The van der Waals surface area contributed by atoms with Crippen LogP contribution in [0.2, 0.25) is 0 Å². The molecule has 3 aliphatic rings. The van der Waals surface area contributed by atoms with Crippen LogP contribution in [0.1, 0.15) is 196 Å². The maximum Gasteiger partial charge on any atom is 0.0767 e. The van der Waals surface area contributed by atoms with E-state index in [-0.39, 0.29) is 11.8 Å². The lowest BCUT2D eigenvalue weighted by Gasteiger charge is -2.21. The van der Waals surface area contributed by atoms with Gasteiger partial charge >= 0.3 is 0 Å². The van der Waals surface area contributed by atoms with E-state index < -0.39 is 0 Å². The van der Waals surface area contributed by atoms with Crippen LogP contribution in [0.3, 0.4) is 0 Å².